The first-order chi connectivity index (χ1) is 8.29. The van der Waals surface area contributed by atoms with Gasteiger partial charge >= 0.3 is 0 Å². The highest BCUT2D eigenvalue weighted by Crippen LogP contribution is 2.15. The maximum absolute atomic E-state index is 11.4. The van der Waals surface area contributed by atoms with Gasteiger partial charge in [0, 0.05) is 0 Å². The van der Waals surface area contributed by atoms with Crippen molar-refractivity contribution in [3.8, 4) is 6.07 Å². The van der Waals surface area contributed by atoms with E-state index in [0.717, 1.165) is 16.3 Å². The van der Waals surface area contributed by atoms with Crippen LogP contribution >= 0.6 is 0 Å². The number of hydrogen-bond donors (Lipinski definition) is 1. The van der Waals surface area contributed by atoms with Gasteiger partial charge < -0.3 is 5.32 Å². The van der Waals surface area contributed by atoms with Crippen LogP contribution < -0.4 is 5.32 Å². The maximum Gasteiger partial charge on any atom is 0.225 e. The Morgan fingerprint density at radius 3 is 2.71 bits per heavy atom. The lowest BCUT2D eigenvalue weighted by Crippen LogP contribution is -2.25. The van der Waals surface area contributed by atoms with Gasteiger partial charge in [-0.25, -0.2) is 0 Å². The fraction of sp³-hybridized carbons (Fsp3) is 0.143. The van der Waals surface area contributed by atoms with Crippen LogP contribution in [0.25, 0.3) is 10.8 Å². The van der Waals surface area contributed by atoms with Crippen LogP contribution in [-0.2, 0) is 11.2 Å². The number of carbonyl (C=O) groups is 1. The molecule has 3 heteroatoms. The van der Waals surface area contributed by atoms with Gasteiger partial charge in [-0.1, -0.05) is 42.5 Å². The second-order valence-electron chi connectivity index (χ2n) is 3.79. The highest BCUT2D eigenvalue weighted by molar-refractivity contribution is 5.85. The third-order valence-electron chi connectivity index (χ3n) is 2.54. The molecule has 1 N–H and O–H groups in total. The van der Waals surface area contributed by atoms with Crippen molar-refractivity contribution >= 4 is 16.7 Å². The van der Waals surface area contributed by atoms with Crippen molar-refractivity contribution < 1.29 is 4.79 Å². The molecule has 2 rings (SSSR count). The molecule has 0 fully saturated rings. The van der Waals surface area contributed by atoms with Crippen LogP contribution in [0, 0.1) is 11.3 Å². The number of amides is 1. The van der Waals surface area contributed by atoms with Crippen molar-refractivity contribution in [1.82, 2.24) is 5.32 Å². The van der Waals surface area contributed by atoms with Crippen LogP contribution in [0.1, 0.15) is 5.56 Å². The Bertz CT molecular complexity index is 584. The van der Waals surface area contributed by atoms with E-state index in [2.05, 4.69) is 5.32 Å². The molecule has 0 aliphatic rings. The molecule has 0 heterocycles. The van der Waals surface area contributed by atoms with E-state index in [1.807, 2.05) is 48.5 Å². The lowest BCUT2D eigenvalue weighted by Gasteiger charge is -2.03. The largest absolute Gasteiger partial charge is 0.343 e. The van der Waals surface area contributed by atoms with Crippen LogP contribution in [0.5, 0.6) is 0 Å². The minimum absolute atomic E-state index is 0.0619. The van der Waals surface area contributed by atoms with Crippen LogP contribution in [0.4, 0.5) is 0 Å². The van der Waals surface area contributed by atoms with Crippen molar-refractivity contribution in [2.45, 2.75) is 6.42 Å². The van der Waals surface area contributed by atoms with Gasteiger partial charge in [0.05, 0.1) is 12.5 Å². The van der Waals surface area contributed by atoms with Gasteiger partial charge in [0.2, 0.25) is 5.91 Å². The first-order valence-corrected chi connectivity index (χ1v) is 5.41. The fourth-order valence-corrected chi connectivity index (χ4v) is 1.73. The van der Waals surface area contributed by atoms with E-state index in [1.54, 1.807) is 0 Å². The van der Waals surface area contributed by atoms with Gasteiger partial charge in [-0.05, 0) is 16.3 Å². The Morgan fingerprint density at radius 2 is 1.94 bits per heavy atom. The summed E-state index contributed by atoms with van der Waals surface area (Å²) >= 11 is 0. The Balaban J connectivity index is 2.14. The van der Waals surface area contributed by atoms with E-state index in [0.29, 0.717) is 6.42 Å². The van der Waals surface area contributed by atoms with Crippen molar-refractivity contribution in [1.29, 1.82) is 5.26 Å². The summed E-state index contributed by atoms with van der Waals surface area (Å²) < 4.78 is 0. The molecule has 0 radical (unpaired) electrons. The molecular formula is C14H12N2O. The predicted molar refractivity (Wildman–Crippen MR) is 66.3 cm³/mol. The molecule has 0 aliphatic heterocycles. The second-order valence-corrected chi connectivity index (χ2v) is 3.79. The number of hydrogen-bond acceptors (Lipinski definition) is 2. The number of nitrogens with one attached hydrogen (secondary N) is 1. The summed E-state index contributed by atoms with van der Waals surface area (Å²) in [4.78, 5) is 11.4. The number of carbonyl (C=O) groups excluding carboxylic acids is 1. The Labute approximate surface area is 99.7 Å². The quantitative estimate of drug-likeness (QED) is 0.811. The lowest BCUT2D eigenvalue weighted by atomic mass is 10.1. The van der Waals surface area contributed by atoms with E-state index in [4.69, 9.17) is 5.26 Å². The second kappa shape index (κ2) is 5.13. The number of benzene rings is 2. The van der Waals surface area contributed by atoms with Gasteiger partial charge in [-0.2, -0.15) is 5.26 Å². The normalized spacial score (nSPS) is 9.82. The molecule has 0 bridgehead atoms. The molecule has 0 aliphatic carbocycles. The topological polar surface area (TPSA) is 52.9 Å². The molecule has 0 spiro atoms. The molecule has 0 atom stereocenters. The Hall–Kier alpha value is -2.34. The highest BCUT2D eigenvalue weighted by Gasteiger charge is 2.03. The Morgan fingerprint density at radius 1 is 1.18 bits per heavy atom. The molecule has 84 valence electrons. The van der Waals surface area contributed by atoms with E-state index >= 15 is 0 Å². The molecule has 3 nitrogen and oxygen atoms in total. The number of nitrogens with zero attached hydrogens (tertiary/aromatic N) is 1. The zero-order valence-corrected chi connectivity index (χ0v) is 9.31. The molecule has 17 heavy (non-hydrogen) atoms. The summed E-state index contributed by atoms with van der Waals surface area (Å²) in [5.41, 5.74) is 0.958. The van der Waals surface area contributed by atoms with Crippen molar-refractivity contribution in [2.24, 2.45) is 0 Å². The molecule has 0 aromatic heterocycles. The van der Waals surface area contributed by atoms with Gasteiger partial charge in [0.25, 0.3) is 0 Å². The van der Waals surface area contributed by atoms with Crippen LogP contribution in [0.3, 0.4) is 0 Å². The highest BCUT2D eigenvalue weighted by atomic mass is 16.1. The first-order valence-electron chi connectivity index (χ1n) is 5.41. The van der Waals surface area contributed by atoms with E-state index < -0.39 is 0 Å². The van der Waals surface area contributed by atoms with E-state index in [-0.39, 0.29) is 12.5 Å². The molecule has 0 unspecified atom stereocenters. The van der Waals surface area contributed by atoms with Crippen LogP contribution in [0.2, 0.25) is 0 Å². The lowest BCUT2D eigenvalue weighted by molar-refractivity contribution is -0.120. The first kappa shape index (κ1) is 11.2. The summed E-state index contributed by atoms with van der Waals surface area (Å²) in [6.45, 7) is 0.0619. The predicted octanol–water partition coefficient (Wildman–Crippen LogP) is 2.02. The summed E-state index contributed by atoms with van der Waals surface area (Å²) in [6, 6.07) is 15.8. The van der Waals surface area contributed by atoms with Gasteiger partial charge in [0.1, 0.15) is 6.54 Å². The van der Waals surface area contributed by atoms with Crippen molar-refractivity contribution in [2.75, 3.05) is 6.54 Å². The fourth-order valence-electron chi connectivity index (χ4n) is 1.73. The van der Waals surface area contributed by atoms with Gasteiger partial charge in [0.15, 0.2) is 0 Å². The third kappa shape index (κ3) is 2.82. The number of nitriles is 1. The average molecular weight is 224 g/mol. The zero-order valence-electron chi connectivity index (χ0n) is 9.31. The number of rotatable bonds is 3. The van der Waals surface area contributed by atoms with Gasteiger partial charge in [-0.15, -0.1) is 0 Å². The standard InChI is InChI=1S/C14H12N2O/c15-7-8-16-14(17)10-11-5-6-12-3-1-2-4-13(12)9-11/h1-6,9H,8,10H2,(H,16,17). The van der Waals surface area contributed by atoms with E-state index in [9.17, 15) is 4.79 Å². The summed E-state index contributed by atoms with van der Waals surface area (Å²) in [5, 5.41) is 13.2. The van der Waals surface area contributed by atoms with Crippen molar-refractivity contribution in [3.63, 3.8) is 0 Å². The minimum atomic E-state index is -0.123. The van der Waals surface area contributed by atoms with Crippen LogP contribution in [-0.4, -0.2) is 12.5 Å². The molecule has 2 aromatic rings. The number of fused-ring (bicyclic) bond motifs is 1. The third-order valence-corrected chi connectivity index (χ3v) is 2.54. The van der Waals surface area contributed by atoms with Crippen LogP contribution in [0.15, 0.2) is 42.5 Å². The molecular weight excluding hydrogens is 212 g/mol. The van der Waals surface area contributed by atoms with Gasteiger partial charge in [-0.3, -0.25) is 4.79 Å². The molecule has 0 saturated carbocycles. The Kier molecular flexibility index (Phi) is 3.37. The summed E-state index contributed by atoms with van der Waals surface area (Å²) in [5.74, 6) is -0.123. The minimum Gasteiger partial charge on any atom is -0.343 e. The smallest absolute Gasteiger partial charge is 0.225 e. The average Bonchev–Trinajstić information content (AvgIpc) is 2.36. The monoisotopic (exact) mass is 224 g/mol. The zero-order chi connectivity index (χ0) is 12.1. The maximum atomic E-state index is 11.4. The summed E-state index contributed by atoms with van der Waals surface area (Å²) in [7, 11) is 0. The SMILES string of the molecule is N#CCNC(=O)Cc1ccc2ccccc2c1. The summed E-state index contributed by atoms with van der Waals surface area (Å²) in [6.07, 6.45) is 0.312. The molecule has 0 saturated heterocycles. The molecule has 2 aromatic carbocycles. The molecule has 1 amide bonds. The van der Waals surface area contributed by atoms with Crippen molar-refractivity contribution in [3.05, 3.63) is 48.0 Å². The van der Waals surface area contributed by atoms with E-state index in [1.165, 1.54) is 0 Å².